The van der Waals surface area contributed by atoms with E-state index in [1.165, 1.54) is 6.92 Å². The molecule has 5 nitrogen and oxygen atoms in total. The number of carbonyl (C=O) groups excluding carboxylic acids is 1. The second-order valence-corrected chi connectivity index (χ2v) is 3.53. The summed E-state index contributed by atoms with van der Waals surface area (Å²) in [6.45, 7) is 1.72. The SMILES string of the molecule is CC(=O)[OH2+].COc1ccoc1CCCCC[NH-]. The third-order valence-corrected chi connectivity index (χ3v) is 2.01. The van der Waals surface area contributed by atoms with Crippen molar-refractivity contribution in [2.45, 2.75) is 32.6 Å². The topological polar surface area (TPSA) is 86.1 Å². The largest absolute Gasteiger partial charge is 0.677 e. The molecule has 98 valence electrons. The fourth-order valence-electron chi connectivity index (χ4n) is 1.28. The van der Waals surface area contributed by atoms with Crippen LogP contribution in [0.15, 0.2) is 16.7 Å². The van der Waals surface area contributed by atoms with Gasteiger partial charge in [-0.3, -0.25) is 0 Å². The van der Waals surface area contributed by atoms with E-state index in [9.17, 15) is 0 Å². The molecule has 0 aliphatic carbocycles. The summed E-state index contributed by atoms with van der Waals surface area (Å²) in [5, 5.41) is 5.94. The van der Waals surface area contributed by atoms with E-state index in [-0.39, 0.29) is 0 Å². The predicted molar refractivity (Wildman–Crippen MR) is 66.3 cm³/mol. The van der Waals surface area contributed by atoms with Crippen LogP contribution in [0.3, 0.4) is 0 Å². The number of unbranched alkanes of at least 4 members (excludes halogenated alkanes) is 2. The molecule has 0 saturated carbocycles. The Labute approximate surface area is 102 Å². The van der Waals surface area contributed by atoms with Crippen molar-refractivity contribution in [2.24, 2.45) is 0 Å². The lowest BCUT2D eigenvalue weighted by Crippen LogP contribution is -1.89. The molecular formula is C12H21NO4. The predicted octanol–water partition coefficient (Wildman–Crippen LogP) is 2.31. The Balaban J connectivity index is 0.000000557. The Morgan fingerprint density at radius 2 is 2.12 bits per heavy atom. The highest BCUT2D eigenvalue weighted by atomic mass is 16.5. The van der Waals surface area contributed by atoms with Gasteiger partial charge in [-0.25, -0.2) is 0 Å². The van der Waals surface area contributed by atoms with E-state index in [4.69, 9.17) is 24.8 Å². The van der Waals surface area contributed by atoms with Gasteiger partial charge in [0.25, 0.3) is 0 Å². The fraction of sp³-hybridized carbons (Fsp3) is 0.583. The zero-order valence-corrected chi connectivity index (χ0v) is 10.4. The molecule has 0 fully saturated rings. The molecule has 17 heavy (non-hydrogen) atoms. The number of hydrogen-bond acceptors (Lipinski definition) is 3. The number of methoxy groups -OCH3 is 1. The third-order valence-electron chi connectivity index (χ3n) is 2.01. The number of furan rings is 1. The molecular weight excluding hydrogens is 222 g/mol. The van der Waals surface area contributed by atoms with E-state index < -0.39 is 5.97 Å². The van der Waals surface area contributed by atoms with E-state index in [0.717, 1.165) is 37.2 Å². The molecule has 0 saturated heterocycles. The highest BCUT2D eigenvalue weighted by Gasteiger charge is 2.04. The van der Waals surface area contributed by atoms with Gasteiger partial charge in [-0.15, -0.1) is 0 Å². The Morgan fingerprint density at radius 3 is 2.65 bits per heavy atom. The van der Waals surface area contributed by atoms with Gasteiger partial charge in [-0.1, -0.05) is 12.8 Å². The molecule has 0 aliphatic rings. The van der Waals surface area contributed by atoms with Crippen molar-refractivity contribution in [1.82, 2.24) is 0 Å². The van der Waals surface area contributed by atoms with Crippen LogP contribution >= 0.6 is 0 Å². The lowest BCUT2D eigenvalue weighted by Gasteiger charge is -2.02. The standard InChI is InChI=1S/C10H16NO2.C2H4O2/c1-12-9-6-8-13-10(9)5-3-2-4-7-11;1-2(3)4/h6,8,11H,2-5,7H2,1H3;1H3,(H,3,4)/q-1;/p+1. The summed E-state index contributed by atoms with van der Waals surface area (Å²) in [5.41, 5.74) is 6.99. The summed E-state index contributed by atoms with van der Waals surface area (Å²) in [7, 11) is 1.65. The van der Waals surface area contributed by atoms with Crippen LogP contribution in [0.2, 0.25) is 0 Å². The number of carbonyl (C=O) groups is 1. The van der Waals surface area contributed by atoms with Gasteiger partial charge in [0.2, 0.25) is 0 Å². The number of ether oxygens (including phenoxy) is 1. The van der Waals surface area contributed by atoms with Gasteiger partial charge in [-0.05, 0) is 6.42 Å². The van der Waals surface area contributed by atoms with Gasteiger partial charge in [0.1, 0.15) is 5.76 Å². The molecule has 1 rings (SSSR count). The van der Waals surface area contributed by atoms with E-state index in [1.807, 2.05) is 6.07 Å². The van der Waals surface area contributed by atoms with Crippen LogP contribution in [0.25, 0.3) is 5.73 Å². The molecule has 1 aromatic heterocycles. The van der Waals surface area contributed by atoms with Crippen molar-refractivity contribution in [3.63, 3.8) is 0 Å². The first-order chi connectivity index (χ1) is 8.11. The molecule has 0 unspecified atom stereocenters. The molecule has 0 spiro atoms. The van der Waals surface area contributed by atoms with E-state index in [1.54, 1.807) is 13.4 Å². The molecule has 3 N–H and O–H groups in total. The molecule has 0 aliphatic heterocycles. The van der Waals surface area contributed by atoms with Crippen molar-refractivity contribution in [1.29, 1.82) is 0 Å². The van der Waals surface area contributed by atoms with E-state index in [0.29, 0.717) is 6.54 Å². The third kappa shape index (κ3) is 8.33. The maximum atomic E-state index is 9.11. The Hall–Kier alpha value is -1.49. The van der Waals surface area contributed by atoms with Gasteiger partial charge in [-0.2, -0.15) is 6.54 Å². The minimum Gasteiger partial charge on any atom is -0.677 e. The number of rotatable bonds is 6. The van der Waals surface area contributed by atoms with Gasteiger partial charge < -0.3 is 20.0 Å². The number of hydrogen-bond donors (Lipinski definition) is 0. The highest BCUT2D eigenvalue weighted by molar-refractivity contribution is 5.62. The molecule has 0 atom stereocenters. The fourth-order valence-corrected chi connectivity index (χ4v) is 1.28. The quantitative estimate of drug-likeness (QED) is 0.567. The lowest BCUT2D eigenvalue weighted by atomic mass is 10.1. The maximum Gasteiger partial charge on any atom is 0.512 e. The Morgan fingerprint density at radius 1 is 1.47 bits per heavy atom. The van der Waals surface area contributed by atoms with Crippen LogP contribution < -0.4 is 4.74 Å². The minimum atomic E-state index is -0.583. The average molecular weight is 243 g/mol. The van der Waals surface area contributed by atoms with Crippen LogP contribution in [0, 0.1) is 0 Å². The van der Waals surface area contributed by atoms with Crippen molar-refractivity contribution >= 4 is 5.97 Å². The molecule has 1 heterocycles. The van der Waals surface area contributed by atoms with Crippen molar-refractivity contribution < 1.29 is 19.1 Å². The van der Waals surface area contributed by atoms with E-state index in [2.05, 4.69) is 0 Å². The second kappa shape index (κ2) is 9.72. The van der Waals surface area contributed by atoms with Gasteiger partial charge in [0, 0.05) is 17.3 Å². The highest BCUT2D eigenvalue weighted by Crippen LogP contribution is 2.21. The number of nitrogens with one attached hydrogen (secondary N) is 1. The first-order valence-electron chi connectivity index (χ1n) is 5.59. The summed E-state index contributed by atoms with van der Waals surface area (Å²) < 4.78 is 10.4. The van der Waals surface area contributed by atoms with E-state index >= 15 is 0 Å². The summed E-state index contributed by atoms with van der Waals surface area (Å²) >= 11 is 0. The zero-order chi connectivity index (χ0) is 13.1. The maximum absolute atomic E-state index is 9.11. The summed E-state index contributed by atoms with van der Waals surface area (Å²) in [6.07, 6.45) is 5.70. The average Bonchev–Trinajstić information content (AvgIpc) is 2.71. The first-order valence-corrected chi connectivity index (χ1v) is 5.59. The van der Waals surface area contributed by atoms with Gasteiger partial charge in [0.05, 0.1) is 20.3 Å². The van der Waals surface area contributed by atoms with Crippen LogP contribution in [0.5, 0.6) is 5.75 Å². The molecule has 1 aromatic rings. The zero-order valence-electron chi connectivity index (χ0n) is 10.4. The molecule has 0 amide bonds. The van der Waals surface area contributed by atoms with Crippen LogP contribution in [-0.4, -0.2) is 24.7 Å². The molecule has 0 aromatic carbocycles. The van der Waals surface area contributed by atoms with Crippen molar-refractivity contribution in [3.05, 3.63) is 23.8 Å². The van der Waals surface area contributed by atoms with Crippen LogP contribution in [0.1, 0.15) is 31.9 Å². The second-order valence-electron chi connectivity index (χ2n) is 3.53. The number of aryl methyl sites for hydroxylation is 1. The molecule has 0 radical (unpaired) electrons. The Kier molecular flexibility index (Phi) is 8.86. The monoisotopic (exact) mass is 243 g/mol. The lowest BCUT2D eigenvalue weighted by molar-refractivity contribution is -0.134. The van der Waals surface area contributed by atoms with Crippen molar-refractivity contribution in [3.8, 4) is 5.75 Å². The molecule has 0 bridgehead atoms. The Bertz CT molecular complexity index is 305. The summed E-state index contributed by atoms with van der Waals surface area (Å²) in [5.74, 6) is 1.18. The summed E-state index contributed by atoms with van der Waals surface area (Å²) in [4.78, 5) is 9.11. The minimum absolute atomic E-state index is 0.523. The van der Waals surface area contributed by atoms with Crippen molar-refractivity contribution in [2.75, 3.05) is 13.7 Å². The summed E-state index contributed by atoms with van der Waals surface area (Å²) in [6, 6.07) is 1.83. The van der Waals surface area contributed by atoms with Crippen LogP contribution in [0.4, 0.5) is 0 Å². The normalized spacial score (nSPS) is 9.35. The van der Waals surface area contributed by atoms with Crippen LogP contribution in [-0.2, 0) is 11.2 Å². The molecule has 5 heteroatoms. The smallest absolute Gasteiger partial charge is 0.512 e. The first kappa shape index (κ1) is 15.5. The van der Waals surface area contributed by atoms with Gasteiger partial charge >= 0.3 is 5.97 Å². The van der Waals surface area contributed by atoms with Gasteiger partial charge in [0.15, 0.2) is 5.75 Å².